The van der Waals surface area contributed by atoms with Gasteiger partial charge in [-0.25, -0.2) is 18.4 Å². The molecule has 1 aromatic heterocycles. The number of nitrogens with two attached hydrogens (primary N) is 1. The molecular weight excluding hydrogens is 418 g/mol. The van der Waals surface area contributed by atoms with Crippen LogP contribution < -0.4 is 15.8 Å². The molecule has 3 heterocycles. The number of hydrogen-bond acceptors (Lipinski definition) is 6. The highest BCUT2D eigenvalue weighted by Gasteiger charge is 2.28. The maximum Gasteiger partial charge on any atom is 0.243 e. The molecule has 0 saturated carbocycles. The first kappa shape index (κ1) is 21.5. The maximum atomic E-state index is 13.2. The van der Waals surface area contributed by atoms with Gasteiger partial charge >= 0.3 is 0 Å². The van der Waals surface area contributed by atoms with E-state index in [9.17, 15) is 8.42 Å². The highest BCUT2D eigenvalue weighted by atomic mass is 32.2. The van der Waals surface area contributed by atoms with Gasteiger partial charge in [-0.2, -0.15) is 4.31 Å². The molecule has 2 aliphatic heterocycles. The van der Waals surface area contributed by atoms with Gasteiger partial charge < -0.3 is 20.4 Å². The third-order valence-corrected chi connectivity index (χ3v) is 6.97. The summed E-state index contributed by atoms with van der Waals surface area (Å²) in [6, 6.07) is 4.97. The van der Waals surface area contributed by atoms with Crippen LogP contribution >= 0.6 is 0 Å². The lowest BCUT2D eigenvalue weighted by atomic mass is 10.2. The molecule has 1 fully saturated rings. The molecule has 0 amide bonds. The minimum atomic E-state index is -3.61. The van der Waals surface area contributed by atoms with Gasteiger partial charge in [0.15, 0.2) is 5.84 Å². The van der Waals surface area contributed by atoms with Gasteiger partial charge in [0.25, 0.3) is 0 Å². The first-order valence-corrected chi connectivity index (χ1v) is 11.7. The molecule has 1 aromatic carbocycles. The van der Waals surface area contributed by atoms with Crippen LogP contribution in [0.25, 0.3) is 11.4 Å². The zero-order valence-corrected chi connectivity index (χ0v) is 18.5. The number of benzene rings is 1. The number of rotatable bonds is 4. The molecule has 0 aliphatic carbocycles. The number of imidazole rings is 1. The Kier molecular flexibility index (Phi) is 6.08. The molecule has 2 aliphatic rings. The summed E-state index contributed by atoms with van der Waals surface area (Å²) in [6.45, 7) is 7.07. The molecule has 0 radical (unpaired) electrons. The molecule has 1 saturated heterocycles. The number of sulfonamides is 1. The van der Waals surface area contributed by atoms with E-state index in [0.29, 0.717) is 68.0 Å². The van der Waals surface area contributed by atoms with Gasteiger partial charge in [0, 0.05) is 38.4 Å². The summed E-state index contributed by atoms with van der Waals surface area (Å²) >= 11 is 0. The second-order valence-electron chi connectivity index (χ2n) is 7.63. The SMILES string of the molecule is CC(C)N=C(N=CN)c1cn2c(n1)-c1cc(S(=O)(=O)N3CCNCC3)ccc1OCC2. The van der Waals surface area contributed by atoms with E-state index in [-0.39, 0.29) is 10.9 Å². The molecular formula is C20H27N7O3S. The molecule has 166 valence electrons. The largest absolute Gasteiger partial charge is 0.491 e. The van der Waals surface area contributed by atoms with Crippen molar-refractivity contribution in [2.75, 3.05) is 32.8 Å². The molecule has 3 N–H and O–H groups in total. The third kappa shape index (κ3) is 4.34. The highest BCUT2D eigenvalue weighted by molar-refractivity contribution is 7.89. The summed E-state index contributed by atoms with van der Waals surface area (Å²) in [5.74, 6) is 1.65. The fourth-order valence-electron chi connectivity index (χ4n) is 3.65. The van der Waals surface area contributed by atoms with Crippen LogP contribution in [-0.2, 0) is 16.6 Å². The Balaban J connectivity index is 1.78. The molecule has 31 heavy (non-hydrogen) atoms. The van der Waals surface area contributed by atoms with E-state index >= 15 is 0 Å². The molecule has 0 unspecified atom stereocenters. The van der Waals surface area contributed by atoms with Crippen LogP contribution in [0, 0.1) is 0 Å². The number of nitrogens with one attached hydrogen (secondary N) is 1. The second-order valence-corrected chi connectivity index (χ2v) is 9.57. The van der Waals surface area contributed by atoms with E-state index in [1.54, 1.807) is 18.2 Å². The number of piperazine rings is 1. The van der Waals surface area contributed by atoms with Crippen LogP contribution in [-0.4, -0.2) is 73.3 Å². The number of fused-ring (bicyclic) bond motifs is 3. The molecule has 0 spiro atoms. The lowest BCUT2D eigenvalue weighted by Crippen LogP contribution is -2.46. The van der Waals surface area contributed by atoms with Crippen molar-refractivity contribution in [3.8, 4) is 17.1 Å². The normalized spacial score (nSPS) is 18.0. The predicted octanol–water partition coefficient (Wildman–Crippen LogP) is 0.678. The van der Waals surface area contributed by atoms with Gasteiger partial charge in [-0.05, 0) is 32.0 Å². The van der Waals surface area contributed by atoms with Gasteiger partial charge in [-0.1, -0.05) is 0 Å². The Hall–Kier alpha value is -2.76. The number of hydrogen-bond donors (Lipinski definition) is 2. The van der Waals surface area contributed by atoms with E-state index < -0.39 is 10.0 Å². The van der Waals surface area contributed by atoms with Crippen molar-refractivity contribution in [2.24, 2.45) is 15.7 Å². The van der Waals surface area contributed by atoms with Crippen molar-refractivity contribution >= 4 is 22.2 Å². The average molecular weight is 446 g/mol. The standard InChI is InChI=1S/C20H27N7O3S/c1-14(2)24-19(23-13-21)17-12-26-9-10-30-18-4-3-15(11-16(18)20(26)25-17)31(28,29)27-7-5-22-6-8-27/h3-4,11-14,22H,5-10H2,1-2H3,(H2,21,23,24). The van der Waals surface area contributed by atoms with E-state index in [0.717, 1.165) is 0 Å². The summed E-state index contributed by atoms with van der Waals surface area (Å²) in [4.78, 5) is 13.6. The number of aliphatic imine (C=N–C) groups is 2. The van der Waals surface area contributed by atoms with E-state index in [1.807, 2.05) is 24.6 Å². The van der Waals surface area contributed by atoms with E-state index in [4.69, 9.17) is 15.5 Å². The van der Waals surface area contributed by atoms with Crippen LogP contribution in [0.2, 0.25) is 0 Å². The molecule has 10 nitrogen and oxygen atoms in total. The zero-order valence-electron chi connectivity index (χ0n) is 17.7. The lowest BCUT2D eigenvalue weighted by Gasteiger charge is -2.26. The zero-order chi connectivity index (χ0) is 22.0. The quantitative estimate of drug-likeness (QED) is 0.526. The predicted molar refractivity (Wildman–Crippen MR) is 119 cm³/mol. The summed E-state index contributed by atoms with van der Waals surface area (Å²) < 4.78 is 35.6. The van der Waals surface area contributed by atoms with Crippen LogP contribution in [0.15, 0.2) is 39.3 Å². The van der Waals surface area contributed by atoms with Crippen LogP contribution in [0.1, 0.15) is 19.5 Å². The highest BCUT2D eigenvalue weighted by Crippen LogP contribution is 2.35. The van der Waals surface area contributed by atoms with Gasteiger partial charge in [-0.15, -0.1) is 0 Å². The van der Waals surface area contributed by atoms with Crippen molar-refractivity contribution in [3.05, 3.63) is 30.1 Å². The van der Waals surface area contributed by atoms with Crippen molar-refractivity contribution in [1.29, 1.82) is 0 Å². The van der Waals surface area contributed by atoms with Gasteiger partial charge in [0.2, 0.25) is 10.0 Å². The maximum absolute atomic E-state index is 13.2. The Labute approximate surface area is 181 Å². The van der Waals surface area contributed by atoms with E-state index in [2.05, 4.69) is 15.3 Å². The number of aromatic nitrogens is 2. The minimum Gasteiger partial charge on any atom is -0.491 e. The molecule has 0 bridgehead atoms. The molecule has 2 aromatic rings. The summed E-state index contributed by atoms with van der Waals surface area (Å²) in [6.07, 6.45) is 3.04. The summed E-state index contributed by atoms with van der Waals surface area (Å²) in [5, 5.41) is 3.18. The Bertz CT molecular complexity index is 1120. The van der Waals surface area contributed by atoms with E-state index in [1.165, 1.54) is 10.6 Å². The monoisotopic (exact) mass is 445 g/mol. The van der Waals surface area contributed by atoms with Crippen LogP contribution in [0.4, 0.5) is 0 Å². The topological polar surface area (TPSA) is 127 Å². The molecule has 0 atom stereocenters. The minimum absolute atomic E-state index is 0.0200. The average Bonchev–Trinajstić information content (AvgIpc) is 3.10. The Morgan fingerprint density at radius 2 is 2.06 bits per heavy atom. The Morgan fingerprint density at radius 1 is 1.29 bits per heavy atom. The number of ether oxygens (including phenoxy) is 1. The number of nitrogens with zero attached hydrogens (tertiary/aromatic N) is 5. The molecule has 4 rings (SSSR count). The van der Waals surface area contributed by atoms with Crippen molar-refractivity contribution < 1.29 is 13.2 Å². The smallest absolute Gasteiger partial charge is 0.243 e. The summed E-state index contributed by atoms with van der Waals surface area (Å²) in [5.41, 5.74) is 6.70. The summed E-state index contributed by atoms with van der Waals surface area (Å²) in [7, 11) is -3.61. The second kappa shape index (κ2) is 8.77. The molecule has 11 heteroatoms. The first-order valence-electron chi connectivity index (χ1n) is 10.3. The van der Waals surface area contributed by atoms with Crippen molar-refractivity contribution in [2.45, 2.75) is 31.3 Å². The Morgan fingerprint density at radius 3 is 2.77 bits per heavy atom. The van der Waals surface area contributed by atoms with Gasteiger partial charge in [0.1, 0.15) is 23.9 Å². The van der Waals surface area contributed by atoms with Crippen molar-refractivity contribution in [3.63, 3.8) is 0 Å². The van der Waals surface area contributed by atoms with Crippen LogP contribution in [0.5, 0.6) is 5.75 Å². The first-order chi connectivity index (χ1) is 14.9. The van der Waals surface area contributed by atoms with Gasteiger partial charge in [-0.3, -0.25) is 4.99 Å². The number of amidine groups is 1. The van der Waals surface area contributed by atoms with Crippen LogP contribution in [0.3, 0.4) is 0 Å². The fraction of sp³-hybridized carbons (Fsp3) is 0.450. The van der Waals surface area contributed by atoms with Gasteiger partial charge in [0.05, 0.1) is 23.3 Å². The van der Waals surface area contributed by atoms with Crippen molar-refractivity contribution in [1.82, 2.24) is 19.2 Å². The fourth-order valence-corrected chi connectivity index (χ4v) is 5.12. The third-order valence-electron chi connectivity index (χ3n) is 5.08. The lowest BCUT2D eigenvalue weighted by molar-refractivity contribution is 0.306.